The lowest BCUT2D eigenvalue weighted by atomic mass is 9.97. The van der Waals surface area contributed by atoms with Crippen LogP contribution in [0.5, 0.6) is 0 Å². The first kappa shape index (κ1) is 14.7. The standard InChI is InChI=1S/C14H14ClF2N3/c15-9-1-3-11(13(18)7-9)14(20-19)6-8-5-10(16)2-4-12(8)17/h1-5,7,14,20H,6,18-19H2. The van der Waals surface area contributed by atoms with Crippen molar-refractivity contribution in [2.24, 2.45) is 5.84 Å². The van der Waals surface area contributed by atoms with Crippen molar-refractivity contribution in [1.29, 1.82) is 0 Å². The summed E-state index contributed by atoms with van der Waals surface area (Å²) in [6, 6.07) is 7.82. The van der Waals surface area contributed by atoms with E-state index in [1.807, 2.05) is 0 Å². The molecule has 0 bridgehead atoms. The molecule has 0 aliphatic rings. The molecule has 20 heavy (non-hydrogen) atoms. The van der Waals surface area contributed by atoms with Crippen LogP contribution in [-0.4, -0.2) is 0 Å². The van der Waals surface area contributed by atoms with Gasteiger partial charge in [0.1, 0.15) is 11.6 Å². The molecule has 0 radical (unpaired) electrons. The van der Waals surface area contributed by atoms with Crippen LogP contribution in [0.4, 0.5) is 14.5 Å². The number of halogens is 3. The van der Waals surface area contributed by atoms with Crippen molar-refractivity contribution in [3.63, 3.8) is 0 Å². The molecule has 0 saturated heterocycles. The van der Waals surface area contributed by atoms with E-state index in [-0.39, 0.29) is 12.0 Å². The molecule has 5 N–H and O–H groups in total. The van der Waals surface area contributed by atoms with E-state index in [4.69, 9.17) is 23.2 Å². The Bertz CT molecular complexity index is 619. The molecule has 6 heteroatoms. The minimum absolute atomic E-state index is 0.173. The third kappa shape index (κ3) is 3.25. The summed E-state index contributed by atoms with van der Waals surface area (Å²) >= 11 is 5.83. The van der Waals surface area contributed by atoms with Gasteiger partial charge in [0.2, 0.25) is 0 Å². The average molecular weight is 298 g/mol. The first-order valence-electron chi connectivity index (χ1n) is 5.96. The Kier molecular flexibility index (Phi) is 4.54. The van der Waals surface area contributed by atoms with Gasteiger partial charge in [-0.15, -0.1) is 0 Å². The number of hydrogen-bond donors (Lipinski definition) is 3. The quantitative estimate of drug-likeness (QED) is 0.462. The van der Waals surface area contributed by atoms with Gasteiger partial charge < -0.3 is 5.73 Å². The number of nitrogens with two attached hydrogens (primary N) is 2. The highest BCUT2D eigenvalue weighted by atomic mass is 35.5. The van der Waals surface area contributed by atoms with Crippen LogP contribution in [0, 0.1) is 11.6 Å². The van der Waals surface area contributed by atoms with Crippen molar-refractivity contribution >= 4 is 17.3 Å². The molecule has 0 spiro atoms. The van der Waals surface area contributed by atoms with E-state index in [1.54, 1.807) is 18.2 Å². The summed E-state index contributed by atoms with van der Waals surface area (Å²) in [5.41, 5.74) is 9.78. The van der Waals surface area contributed by atoms with E-state index in [2.05, 4.69) is 5.43 Å². The first-order valence-corrected chi connectivity index (χ1v) is 6.34. The Labute approximate surface area is 120 Å². The van der Waals surface area contributed by atoms with Gasteiger partial charge in [0.15, 0.2) is 0 Å². The lowest BCUT2D eigenvalue weighted by Crippen LogP contribution is -2.30. The summed E-state index contributed by atoms with van der Waals surface area (Å²) in [4.78, 5) is 0. The van der Waals surface area contributed by atoms with Gasteiger partial charge in [-0.1, -0.05) is 17.7 Å². The molecule has 1 atom stereocenters. The van der Waals surface area contributed by atoms with Crippen molar-refractivity contribution in [3.8, 4) is 0 Å². The van der Waals surface area contributed by atoms with E-state index < -0.39 is 17.7 Å². The third-order valence-corrected chi connectivity index (χ3v) is 3.29. The van der Waals surface area contributed by atoms with Crippen LogP contribution < -0.4 is 17.0 Å². The predicted molar refractivity (Wildman–Crippen MR) is 76.0 cm³/mol. The molecule has 0 aromatic heterocycles. The summed E-state index contributed by atoms with van der Waals surface area (Å²) in [5.74, 6) is 4.51. The van der Waals surface area contributed by atoms with Crippen LogP contribution in [-0.2, 0) is 6.42 Å². The van der Waals surface area contributed by atoms with E-state index in [0.29, 0.717) is 16.3 Å². The number of nitrogens with one attached hydrogen (secondary N) is 1. The lowest BCUT2D eigenvalue weighted by Gasteiger charge is -2.19. The molecule has 0 heterocycles. The van der Waals surface area contributed by atoms with Crippen LogP contribution >= 0.6 is 11.6 Å². The topological polar surface area (TPSA) is 64.1 Å². The molecular weight excluding hydrogens is 284 g/mol. The normalized spacial score (nSPS) is 12.4. The van der Waals surface area contributed by atoms with Gasteiger partial charge in [-0.2, -0.15) is 0 Å². The second-order valence-corrected chi connectivity index (χ2v) is 4.87. The van der Waals surface area contributed by atoms with E-state index in [0.717, 1.165) is 18.2 Å². The minimum Gasteiger partial charge on any atom is -0.398 e. The molecule has 0 fully saturated rings. The Morgan fingerprint density at radius 1 is 1.15 bits per heavy atom. The smallest absolute Gasteiger partial charge is 0.126 e. The van der Waals surface area contributed by atoms with Crippen molar-refractivity contribution in [3.05, 3.63) is 64.2 Å². The number of benzene rings is 2. The lowest BCUT2D eigenvalue weighted by molar-refractivity contribution is 0.524. The maximum absolute atomic E-state index is 13.7. The monoisotopic (exact) mass is 297 g/mol. The van der Waals surface area contributed by atoms with Gasteiger partial charge in [0.25, 0.3) is 0 Å². The fraction of sp³-hybridized carbons (Fsp3) is 0.143. The molecular formula is C14H14ClF2N3. The maximum Gasteiger partial charge on any atom is 0.126 e. The molecule has 0 aliphatic heterocycles. The Morgan fingerprint density at radius 3 is 2.55 bits per heavy atom. The van der Waals surface area contributed by atoms with E-state index >= 15 is 0 Å². The van der Waals surface area contributed by atoms with Crippen LogP contribution in [0.15, 0.2) is 36.4 Å². The average Bonchev–Trinajstić information content (AvgIpc) is 2.40. The largest absolute Gasteiger partial charge is 0.398 e. The van der Waals surface area contributed by atoms with Gasteiger partial charge in [0.05, 0.1) is 6.04 Å². The SMILES string of the molecule is NNC(Cc1cc(F)ccc1F)c1ccc(Cl)cc1N. The summed E-state index contributed by atoms with van der Waals surface area (Å²) in [5, 5.41) is 0.499. The summed E-state index contributed by atoms with van der Waals surface area (Å²) in [7, 11) is 0. The van der Waals surface area contributed by atoms with Crippen LogP contribution in [0.2, 0.25) is 5.02 Å². The second kappa shape index (κ2) is 6.17. The van der Waals surface area contributed by atoms with Crippen LogP contribution in [0.1, 0.15) is 17.2 Å². The Morgan fingerprint density at radius 2 is 1.90 bits per heavy atom. The number of hydrogen-bond acceptors (Lipinski definition) is 3. The summed E-state index contributed by atoms with van der Waals surface area (Å²) < 4.78 is 26.8. The highest BCUT2D eigenvalue weighted by molar-refractivity contribution is 6.30. The fourth-order valence-electron chi connectivity index (χ4n) is 2.04. The van der Waals surface area contributed by atoms with Gasteiger partial charge in [0, 0.05) is 10.7 Å². The molecule has 106 valence electrons. The zero-order valence-corrected chi connectivity index (χ0v) is 11.3. The zero-order valence-electron chi connectivity index (χ0n) is 10.5. The minimum atomic E-state index is -0.499. The molecule has 0 aliphatic carbocycles. The molecule has 0 amide bonds. The highest BCUT2D eigenvalue weighted by Gasteiger charge is 2.16. The van der Waals surface area contributed by atoms with E-state index in [1.165, 1.54) is 0 Å². The van der Waals surface area contributed by atoms with Crippen molar-refractivity contribution in [2.45, 2.75) is 12.5 Å². The molecule has 2 aromatic rings. The zero-order chi connectivity index (χ0) is 14.7. The first-order chi connectivity index (χ1) is 9.51. The molecule has 3 nitrogen and oxygen atoms in total. The van der Waals surface area contributed by atoms with E-state index in [9.17, 15) is 8.78 Å². The van der Waals surface area contributed by atoms with Crippen molar-refractivity contribution < 1.29 is 8.78 Å². The third-order valence-electron chi connectivity index (χ3n) is 3.06. The summed E-state index contributed by atoms with van der Waals surface area (Å²) in [6.07, 6.45) is 0.173. The van der Waals surface area contributed by atoms with Crippen LogP contribution in [0.3, 0.4) is 0 Å². The molecule has 0 saturated carbocycles. The number of anilines is 1. The number of rotatable bonds is 4. The number of hydrazine groups is 1. The number of nitrogen functional groups attached to an aromatic ring is 1. The molecule has 2 rings (SSSR count). The summed E-state index contributed by atoms with van der Waals surface area (Å²) in [6.45, 7) is 0. The predicted octanol–water partition coefficient (Wildman–Crippen LogP) is 2.95. The van der Waals surface area contributed by atoms with Gasteiger partial charge in [-0.25, -0.2) is 8.78 Å². The molecule has 2 aromatic carbocycles. The van der Waals surface area contributed by atoms with Crippen LogP contribution in [0.25, 0.3) is 0 Å². The highest BCUT2D eigenvalue weighted by Crippen LogP contribution is 2.27. The second-order valence-electron chi connectivity index (χ2n) is 4.43. The Hall–Kier alpha value is -1.69. The maximum atomic E-state index is 13.7. The van der Waals surface area contributed by atoms with Gasteiger partial charge >= 0.3 is 0 Å². The van der Waals surface area contributed by atoms with Crippen molar-refractivity contribution in [1.82, 2.24) is 5.43 Å². The van der Waals surface area contributed by atoms with Crippen molar-refractivity contribution in [2.75, 3.05) is 5.73 Å². The van der Waals surface area contributed by atoms with Gasteiger partial charge in [-0.05, 0) is 47.9 Å². The fourth-order valence-corrected chi connectivity index (χ4v) is 2.22. The molecule has 1 unspecified atom stereocenters. The van der Waals surface area contributed by atoms with Gasteiger partial charge in [-0.3, -0.25) is 11.3 Å². The Balaban J connectivity index is 2.31.